The summed E-state index contributed by atoms with van der Waals surface area (Å²) in [6.07, 6.45) is 0. The molecule has 0 saturated carbocycles. The summed E-state index contributed by atoms with van der Waals surface area (Å²) in [5, 5.41) is 0. The maximum Gasteiger partial charge on any atom is 0.258 e. The average Bonchev–Trinajstić information content (AvgIpc) is 2.68. The third-order valence-electron chi connectivity index (χ3n) is 4.77. The Kier molecular flexibility index (Phi) is 6.16. The standard InChI is InChI=1S/C20H23BrN2O3/c1-25-18-6-4-3-5-16(18)20(24)23-11-9-22(10-12-23)14-15-7-8-19(26-2)17(21)13-15/h3-8,13H,9-12,14H2,1-2H3/p+1. The lowest BCUT2D eigenvalue weighted by Gasteiger charge is -2.32. The topological polar surface area (TPSA) is 43.2 Å². The number of halogens is 1. The molecule has 138 valence electrons. The molecule has 1 amide bonds. The molecule has 6 heteroatoms. The van der Waals surface area contributed by atoms with Gasteiger partial charge in [0.1, 0.15) is 18.0 Å². The van der Waals surface area contributed by atoms with Crippen molar-refractivity contribution >= 4 is 21.8 Å². The van der Waals surface area contributed by atoms with E-state index >= 15 is 0 Å². The van der Waals surface area contributed by atoms with Crippen LogP contribution in [0.15, 0.2) is 46.9 Å². The normalized spacial score (nSPS) is 15.0. The number of nitrogens with one attached hydrogen (secondary N) is 1. The van der Waals surface area contributed by atoms with Crippen molar-refractivity contribution in [2.24, 2.45) is 0 Å². The highest BCUT2D eigenvalue weighted by Crippen LogP contribution is 2.25. The number of amides is 1. The van der Waals surface area contributed by atoms with Gasteiger partial charge in [-0.1, -0.05) is 12.1 Å². The first-order valence-corrected chi connectivity index (χ1v) is 9.50. The summed E-state index contributed by atoms with van der Waals surface area (Å²) in [4.78, 5) is 16.2. The molecular weight excluding hydrogens is 396 g/mol. The predicted molar refractivity (Wildman–Crippen MR) is 104 cm³/mol. The number of para-hydroxylation sites is 1. The van der Waals surface area contributed by atoms with Crippen molar-refractivity contribution in [3.8, 4) is 11.5 Å². The first-order valence-electron chi connectivity index (χ1n) is 8.70. The third kappa shape index (κ3) is 4.19. The zero-order chi connectivity index (χ0) is 18.5. The van der Waals surface area contributed by atoms with Crippen molar-refractivity contribution in [2.45, 2.75) is 6.54 Å². The molecule has 2 aromatic rings. The Bertz CT molecular complexity index is 773. The first-order chi connectivity index (χ1) is 12.6. The van der Waals surface area contributed by atoms with E-state index in [0.29, 0.717) is 11.3 Å². The van der Waals surface area contributed by atoms with E-state index in [1.54, 1.807) is 14.2 Å². The quantitative estimate of drug-likeness (QED) is 0.805. The van der Waals surface area contributed by atoms with E-state index in [2.05, 4.69) is 28.1 Å². The van der Waals surface area contributed by atoms with Crippen LogP contribution in [0.1, 0.15) is 15.9 Å². The van der Waals surface area contributed by atoms with Gasteiger partial charge in [-0.2, -0.15) is 0 Å². The molecule has 1 aliphatic rings. The second-order valence-corrected chi connectivity index (χ2v) is 7.24. The van der Waals surface area contributed by atoms with Crippen LogP contribution in [-0.2, 0) is 6.54 Å². The molecule has 0 spiro atoms. The highest BCUT2D eigenvalue weighted by Gasteiger charge is 2.26. The Balaban J connectivity index is 1.59. The number of carbonyl (C=O) groups is 1. The minimum Gasteiger partial charge on any atom is -0.496 e. The van der Waals surface area contributed by atoms with Gasteiger partial charge in [0.05, 0.1) is 50.4 Å². The lowest BCUT2D eigenvalue weighted by Crippen LogP contribution is -3.13. The van der Waals surface area contributed by atoms with Gasteiger partial charge in [0.25, 0.3) is 5.91 Å². The Labute approximate surface area is 162 Å². The minimum atomic E-state index is 0.0497. The van der Waals surface area contributed by atoms with E-state index in [9.17, 15) is 4.79 Å². The number of quaternary nitrogens is 1. The molecule has 1 aliphatic heterocycles. The van der Waals surface area contributed by atoms with Crippen molar-refractivity contribution in [3.05, 3.63) is 58.1 Å². The van der Waals surface area contributed by atoms with E-state index in [1.165, 1.54) is 10.5 Å². The summed E-state index contributed by atoms with van der Waals surface area (Å²) in [6, 6.07) is 13.6. The second kappa shape index (κ2) is 8.56. The molecule has 0 bridgehead atoms. The predicted octanol–water partition coefficient (Wildman–Crippen LogP) is 2.01. The number of piperazine rings is 1. The Morgan fingerprint density at radius 2 is 1.77 bits per heavy atom. The third-order valence-corrected chi connectivity index (χ3v) is 5.39. The molecule has 0 radical (unpaired) electrons. The van der Waals surface area contributed by atoms with Gasteiger partial charge < -0.3 is 19.3 Å². The van der Waals surface area contributed by atoms with Gasteiger partial charge >= 0.3 is 0 Å². The lowest BCUT2D eigenvalue weighted by atomic mass is 10.1. The molecular formula is C20H24BrN2O3+. The number of ether oxygens (including phenoxy) is 2. The lowest BCUT2D eigenvalue weighted by molar-refractivity contribution is -0.917. The molecule has 0 atom stereocenters. The van der Waals surface area contributed by atoms with Gasteiger partial charge in [-0.15, -0.1) is 0 Å². The number of hydrogen-bond donors (Lipinski definition) is 1. The van der Waals surface area contributed by atoms with Crippen molar-refractivity contribution in [2.75, 3.05) is 40.4 Å². The van der Waals surface area contributed by atoms with E-state index in [0.717, 1.165) is 42.9 Å². The summed E-state index contributed by atoms with van der Waals surface area (Å²) < 4.78 is 11.6. The SMILES string of the molecule is COc1ccc(C[NH+]2CCN(C(=O)c3ccccc3OC)CC2)cc1Br. The van der Waals surface area contributed by atoms with Crippen molar-refractivity contribution in [3.63, 3.8) is 0 Å². The highest BCUT2D eigenvalue weighted by molar-refractivity contribution is 9.10. The molecule has 1 fully saturated rings. The molecule has 1 N–H and O–H groups in total. The molecule has 0 aromatic heterocycles. The fraction of sp³-hybridized carbons (Fsp3) is 0.350. The number of methoxy groups -OCH3 is 2. The highest BCUT2D eigenvalue weighted by atomic mass is 79.9. The van der Waals surface area contributed by atoms with Crippen LogP contribution in [0.4, 0.5) is 0 Å². The summed E-state index contributed by atoms with van der Waals surface area (Å²) in [6.45, 7) is 4.32. The molecule has 1 saturated heterocycles. The van der Waals surface area contributed by atoms with Crippen LogP contribution in [0.25, 0.3) is 0 Å². The summed E-state index contributed by atoms with van der Waals surface area (Å²) in [5.41, 5.74) is 1.90. The summed E-state index contributed by atoms with van der Waals surface area (Å²) in [5.74, 6) is 1.53. The van der Waals surface area contributed by atoms with Crippen LogP contribution in [0.3, 0.4) is 0 Å². The van der Waals surface area contributed by atoms with Crippen molar-refractivity contribution in [1.29, 1.82) is 0 Å². The second-order valence-electron chi connectivity index (χ2n) is 6.39. The molecule has 2 aromatic carbocycles. The van der Waals surface area contributed by atoms with Crippen molar-refractivity contribution < 1.29 is 19.2 Å². The average molecular weight is 420 g/mol. The smallest absolute Gasteiger partial charge is 0.258 e. The number of nitrogens with zero attached hydrogens (tertiary/aromatic N) is 1. The maximum atomic E-state index is 12.8. The largest absolute Gasteiger partial charge is 0.496 e. The zero-order valence-corrected chi connectivity index (χ0v) is 16.7. The number of carbonyl (C=O) groups excluding carboxylic acids is 1. The van der Waals surface area contributed by atoms with E-state index in [4.69, 9.17) is 9.47 Å². The summed E-state index contributed by atoms with van der Waals surface area (Å²) >= 11 is 3.54. The van der Waals surface area contributed by atoms with Crippen LogP contribution < -0.4 is 14.4 Å². The monoisotopic (exact) mass is 419 g/mol. The minimum absolute atomic E-state index is 0.0497. The molecule has 0 unspecified atom stereocenters. The number of benzene rings is 2. The summed E-state index contributed by atoms with van der Waals surface area (Å²) in [7, 11) is 3.27. The van der Waals surface area contributed by atoms with Gasteiger partial charge in [0, 0.05) is 5.56 Å². The fourth-order valence-corrected chi connectivity index (χ4v) is 3.89. The Hall–Kier alpha value is -2.05. The molecule has 5 nitrogen and oxygen atoms in total. The number of hydrogen-bond acceptors (Lipinski definition) is 3. The Morgan fingerprint density at radius 3 is 2.42 bits per heavy atom. The maximum absolute atomic E-state index is 12.8. The van der Waals surface area contributed by atoms with Crippen LogP contribution in [0, 0.1) is 0 Å². The van der Waals surface area contributed by atoms with Crippen LogP contribution in [0.2, 0.25) is 0 Å². The fourth-order valence-electron chi connectivity index (χ4n) is 3.30. The zero-order valence-electron chi connectivity index (χ0n) is 15.1. The molecule has 3 rings (SSSR count). The van der Waals surface area contributed by atoms with Crippen LogP contribution >= 0.6 is 15.9 Å². The number of rotatable bonds is 5. The van der Waals surface area contributed by atoms with Gasteiger partial charge in [-0.3, -0.25) is 4.79 Å². The van der Waals surface area contributed by atoms with Gasteiger partial charge in [-0.25, -0.2) is 0 Å². The molecule has 1 heterocycles. The van der Waals surface area contributed by atoms with Crippen molar-refractivity contribution in [1.82, 2.24) is 4.90 Å². The molecule has 26 heavy (non-hydrogen) atoms. The molecule has 0 aliphatic carbocycles. The van der Waals surface area contributed by atoms with Crippen LogP contribution in [-0.4, -0.2) is 51.2 Å². The van der Waals surface area contributed by atoms with E-state index < -0.39 is 0 Å². The van der Waals surface area contributed by atoms with Gasteiger partial charge in [0.2, 0.25) is 0 Å². The van der Waals surface area contributed by atoms with Crippen LogP contribution in [0.5, 0.6) is 11.5 Å². The first kappa shape index (κ1) is 18.7. The van der Waals surface area contributed by atoms with E-state index in [1.807, 2.05) is 35.2 Å². The Morgan fingerprint density at radius 1 is 1.08 bits per heavy atom. The van der Waals surface area contributed by atoms with E-state index in [-0.39, 0.29) is 5.91 Å². The van der Waals surface area contributed by atoms with Gasteiger partial charge in [-0.05, 0) is 46.3 Å². The van der Waals surface area contributed by atoms with Gasteiger partial charge in [0.15, 0.2) is 0 Å².